The Morgan fingerprint density at radius 1 is 1.58 bits per heavy atom. The summed E-state index contributed by atoms with van der Waals surface area (Å²) in [6.45, 7) is 4.94. The fourth-order valence-corrected chi connectivity index (χ4v) is 2.45. The van der Waals surface area contributed by atoms with Crippen LogP contribution in [0, 0.1) is 13.8 Å². The number of nitrogens with zero attached hydrogens (tertiary/aromatic N) is 2. The van der Waals surface area contributed by atoms with Gasteiger partial charge in [0.05, 0.1) is 0 Å². The molecule has 0 unspecified atom stereocenters. The zero-order valence-corrected chi connectivity index (χ0v) is 11.4. The number of hydrogen-bond acceptors (Lipinski definition) is 3. The highest BCUT2D eigenvalue weighted by molar-refractivity contribution is 5.76. The van der Waals surface area contributed by atoms with Gasteiger partial charge < -0.3 is 5.32 Å². The maximum absolute atomic E-state index is 13.3. The Bertz CT molecular complexity index is 557. The largest absolute Gasteiger partial charge is 0.352 e. The van der Waals surface area contributed by atoms with Gasteiger partial charge in [0, 0.05) is 30.3 Å². The second kappa shape index (κ2) is 4.75. The van der Waals surface area contributed by atoms with E-state index in [1.165, 1.54) is 11.5 Å². The molecule has 1 aromatic heterocycles. The van der Waals surface area contributed by atoms with E-state index in [-0.39, 0.29) is 18.5 Å². The normalized spacial score (nSPS) is 25.8. The van der Waals surface area contributed by atoms with E-state index in [1.807, 2.05) is 0 Å². The number of amides is 1. The van der Waals surface area contributed by atoms with E-state index in [9.17, 15) is 14.0 Å². The first-order chi connectivity index (χ1) is 8.77. The summed E-state index contributed by atoms with van der Waals surface area (Å²) in [6.07, 6.45) is 0.664. The minimum Gasteiger partial charge on any atom is -0.352 e. The highest BCUT2D eigenvalue weighted by Gasteiger charge is 2.41. The fourth-order valence-electron chi connectivity index (χ4n) is 2.45. The molecule has 1 amide bonds. The average molecular weight is 267 g/mol. The van der Waals surface area contributed by atoms with E-state index in [2.05, 4.69) is 10.3 Å². The zero-order valence-electron chi connectivity index (χ0n) is 11.4. The summed E-state index contributed by atoms with van der Waals surface area (Å²) < 4.78 is 14.6. The fraction of sp³-hybridized carbons (Fsp3) is 0.615. The first-order valence-electron chi connectivity index (χ1n) is 6.30. The molecular formula is C13H18FN3O2. The second-order valence-electron chi connectivity index (χ2n) is 5.49. The van der Waals surface area contributed by atoms with Gasteiger partial charge in [0.1, 0.15) is 12.2 Å². The van der Waals surface area contributed by atoms with Crippen LogP contribution in [0.25, 0.3) is 0 Å². The van der Waals surface area contributed by atoms with Crippen molar-refractivity contribution in [2.45, 2.75) is 51.9 Å². The van der Waals surface area contributed by atoms with Crippen molar-refractivity contribution >= 4 is 5.91 Å². The van der Waals surface area contributed by atoms with E-state index < -0.39 is 11.4 Å². The van der Waals surface area contributed by atoms with Gasteiger partial charge in [-0.1, -0.05) is 0 Å². The first kappa shape index (κ1) is 13.7. The Morgan fingerprint density at radius 3 is 2.74 bits per heavy atom. The molecule has 104 valence electrons. The van der Waals surface area contributed by atoms with Gasteiger partial charge in [-0.05, 0) is 26.8 Å². The number of hydrogen-bond donors (Lipinski definition) is 1. The molecule has 1 aliphatic carbocycles. The van der Waals surface area contributed by atoms with E-state index in [4.69, 9.17) is 0 Å². The molecule has 1 aliphatic rings. The van der Waals surface area contributed by atoms with Gasteiger partial charge in [0.25, 0.3) is 0 Å². The van der Waals surface area contributed by atoms with Crippen LogP contribution in [-0.2, 0) is 11.3 Å². The van der Waals surface area contributed by atoms with Crippen LogP contribution in [0.15, 0.2) is 10.9 Å². The number of alkyl halides is 1. The summed E-state index contributed by atoms with van der Waals surface area (Å²) in [6, 6.07) is 1.62. The highest BCUT2D eigenvalue weighted by Crippen LogP contribution is 2.35. The lowest BCUT2D eigenvalue weighted by molar-refractivity contribution is -0.124. The smallest absolute Gasteiger partial charge is 0.348 e. The molecule has 5 nitrogen and oxygen atoms in total. The lowest BCUT2D eigenvalue weighted by Gasteiger charge is -2.38. The van der Waals surface area contributed by atoms with E-state index in [0.29, 0.717) is 24.2 Å². The van der Waals surface area contributed by atoms with Crippen molar-refractivity contribution in [1.29, 1.82) is 0 Å². The second-order valence-corrected chi connectivity index (χ2v) is 5.49. The Hall–Kier alpha value is -1.72. The molecule has 1 aromatic rings. The van der Waals surface area contributed by atoms with Gasteiger partial charge in [0.15, 0.2) is 0 Å². The van der Waals surface area contributed by atoms with Gasteiger partial charge in [-0.15, -0.1) is 0 Å². The molecular weight excluding hydrogens is 249 g/mol. The summed E-state index contributed by atoms with van der Waals surface area (Å²) in [4.78, 5) is 27.3. The van der Waals surface area contributed by atoms with Crippen LogP contribution in [0.4, 0.5) is 4.39 Å². The lowest BCUT2D eigenvalue weighted by atomic mass is 9.79. The highest BCUT2D eigenvalue weighted by atomic mass is 19.1. The minimum atomic E-state index is -1.17. The van der Waals surface area contributed by atoms with Crippen LogP contribution < -0.4 is 11.0 Å². The summed E-state index contributed by atoms with van der Waals surface area (Å²) in [5.74, 6) is -0.281. The summed E-state index contributed by atoms with van der Waals surface area (Å²) >= 11 is 0. The lowest BCUT2D eigenvalue weighted by Crippen LogP contribution is -2.52. The van der Waals surface area contributed by atoms with Crippen molar-refractivity contribution in [2.75, 3.05) is 0 Å². The molecule has 0 radical (unpaired) electrons. The van der Waals surface area contributed by atoms with Crippen LogP contribution in [0.3, 0.4) is 0 Å². The summed E-state index contributed by atoms with van der Waals surface area (Å²) in [5, 5.41) is 2.72. The maximum atomic E-state index is 13.3. The molecule has 6 heteroatoms. The number of carbonyl (C=O) groups is 1. The van der Waals surface area contributed by atoms with Crippen molar-refractivity contribution in [3.63, 3.8) is 0 Å². The van der Waals surface area contributed by atoms with Crippen LogP contribution in [0.2, 0.25) is 0 Å². The predicted octanol–water partition coefficient (Wildman–Crippen LogP) is 0.867. The number of nitrogens with one attached hydrogen (secondary N) is 1. The van der Waals surface area contributed by atoms with Crippen LogP contribution in [0.1, 0.15) is 31.2 Å². The van der Waals surface area contributed by atoms with Gasteiger partial charge in [-0.3, -0.25) is 9.36 Å². The van der Waals surface area contributed by atoms with Gasteiger partial charge in [0.2, 0.25) is 5.91 Å². The average Bonchev–Trinajstić information content (AvgIpc) is 2.20. The monoisotopic (exact) mass is 267 g/mol. The molecule has 1 N–H and O–H groups in total. The van der Waals surface area contributed by atoms with Crippen LogP contribution >= 0.6 is 0 Å². The first-order valence-corrected chi connectivity index (χ1v) is 6.30. The third-order valence-electron chi connectivity index (χ3n) is 3.36. The molecule has 0 spiro atoms. The van der Waals surface area contributed by atoms with Crippen molar-refractivity contribution < 1.29 is 9.18 Å². The molecule has 1 saturated carbocycles. The number of halogens is 1. The Kier molecular flexibility index (Phi) is 3.43. The summed E-state index contributed by atoms with van der Waals surface area (Å²) in [5.41, 5.74) is -0.282. The Labute approximate surface area is 110 Å². The van der Waals surface area contributed by atoms with Crippen molar-refractivity contribution in [3.05, 3.63) is 27.9 Å². The van der Waals surface area contributed by atoms with Crippen LogP contribution in [-0.4, -0.2) is 27.2 Å². The molecule has 0 bridgehead atoms. The van der Waals surface area contributed by atoms with E-state index in [0.717, 1.165) is 0 Å². The Morgan fingerprint density at radius 2 is 2.21 bits per heavy atom. The van der Waals surface area contributed by atoms with Gasteiger partial charge in [-0.25, -0.2) is 9.18 Å². The van der Waals surface area contributed by atoms with Crippen molar-refractivity contribution in [2.24, 2.45) is 0 Å². The third-order valence-corrected chi connectivity index (χ3v) is 3.36. The zero-order chi connectivity index (χ0) is 14.2. The molecule has 19 heavy (non-hydrogen) atoms. The third kappa shape index (κ3) is 3.19. The standard InChI is InChI=1S/C13H18FN3O2/c1-8-4-9(2)17(12(19)15-8)7-11(18)16-10-5-13(3,14)6-10/h4,10H,5-7H2,1-3H3,(H,16,18). The topological polar surface area (TPSA) is 64.0 Å². The number of rotatable bonds is 3. The molecule has 0 aromatic carbocycles. The molecule has 0 saturated heterocycles. The quantitative estimate of drug-likeness (QED) is 0.883. The van der Waals surface area contributed by atoms with Crippen molar-refractivity contribution in [3.8, 4) is 0 Å². The Balaban J connectivity index is 1.98. The van der Waals surface area contributed by atoms with E-state index >= 15 is 0 Å². The SMILES string of the molecule is Cc1cc(C)n(CC(=O)NC2CC(C)(F)C2)c(=O)n1. The van der Waals surface area contributed by atoms with Gasteiger partial charge >= 0.3 is 5.69 Å². The van der Waals surface area contributed by atoms with E-state index in [1.54, 1.807) is 19.9 Å². The van der Waals surface area contributed by atoms with Gasteiger partial charge in [-0.2, -0.15) is 4.98 Å². The molecule has 0 atom stereocenters. The predicted molar refractivity (Wildman–Crippen MR) is 68.6 cm³/mol. The van der Waals surface area contributed by atoms with Crippen molar-refractivity contribution in [1.82, 2.24) is 14.9 Å². The maximum Gasteiger partial charge on any atom is 0.348 e. The minimum absolute atomic E-state index is 0.0720. The van der Waals surface area contributed by atoms with Crippen LogP contribution in [0.5, 0.6) is 0 Å². The number of aromatic nitrogens is 2. The number of carbonyl (C=O) groups excluding carboxylic acids is 1. The number of aryl methyl sites for hydroxylation is 2. The molecule has 1 heterocycles. The summed E-state index contributed by atoms with van der Waals surface area (Å²) in [7, 11) is 0. The molecule has 2 rings (SSSR count). The molecule has 1 fully saturated rings. The molecule has 0 aliphatic heterocycles.